The number of aromatic amines is 1. The quantitative estimate of drug-likeness (QED) is 0.859. The van der Waals surface area contributed by atoms with E-state index in [2.05, 4.69) is 39.1 Å². The molecule has 0 amide bonds. The van der Waals surface area contributed by atoms with Crippen molar-refractivity contribution in [2.24, 2.45) is 5.73 Å². The standard InChI is InChI=1S/C14H19N5/c1-10-3-2-4-11(9-10)13-16-14(18-17-13)19-7-5-12(15)6-8-19/h2-4,9,12H,5-8,15H2,1H3,(H,16,17,18). The molecule has 0 saturated carbocycles. The molecule has 3 rings (SSSR count). The van der Waals surface area contributed by atoms with Gasteiger partial charge in [-0.2, -0.15) is 4.98 Å². The second kappa shape index (κ2) is 5.01. The summed E-state index contributed by atoms with van der Waals surface area (Å²) >= 11 is 0. The number of nitrogens with two attached hydrogens (primary N) is 1. The fourth-order valence-electron chi connectivity index (χ4n) is 2.42. The Kier molecular flexibility index (Phi) is 3.21. The van der Waals surface area contributed by atoms with Crippen LogP contribution in [0.2, 0.25) is 0 Å². The maximum Gasteiger partial charge on any atom is 0.245 e. The molecule has 5 heteroatoms. The number of nitrogens with zero attached hydrogens (tertiary/aromatic N) is 3. The Morgan fingerprint density at radius 1 is 1.32 bits per heavy atom. The molecule has 2 aromatic rings. The molecule has 0 spiro atoms. The van der Waals surface area contributed by atoms with Gasteiger partial charge < -0.3 is 10.6 Å². The number of aryl methyl sites for hydroxylation is 1. The van der Waals surface area contributed by atoms with E-state index in [1.165, 1.54) is 5.56 Å². The third-order valence-corrected chi connectivity index (χ3v) is 3.59. The van der Waals surface area contributed by atoms with Crippen LogP contribution in [0.4, 0.5) is 5.95 Å². The largest absolute Gasteiger partial charge is 0.339 e. The van der Waals surface area contributed by atoms with Crippen LogP contribution in [-0.2, 0) is 0 Å². The van der Waals surface area contributed by atoms with Crippen LogP contribution in [-0.4, -0.2) is 34.3 Å². The SMILES string of the molecule is Cc1cccc(-c2nc(N3CCC(N)CC3)n[nH]2)c1. The molecule has 3 N–H and O–H groups in total. The van der Waals surface area contributed by atoms with Gasteiger partial charge >= 0.3 is 0 Å². The first kappa shape index (κ1) is 12.2. The van der Waals surface area contributed by atoms with E-state index >= 15 is 0 Å². The molecule has 0 bridgehead atoms. The number of aromatic nitrogens is 3. The summed E-state index contributed by atoms with van der Waals surface area (Å²) in [6.45, 7) is 3.95. The Morgan fingerprint density at radius 3 is 2.84 bits per heavy atom. The summed E-state index contributed by atoms with van der Waals surface area (Å²) in [5, 5.41) is 7.34. The number of hydrogen-bond acceptors (Lipinski definition) is 4. The first-order valence-electron chi connectivity index (χ1n) is 6.72. The Hall–Kier alpha value is -1.88. The van der Waals surface area contributed by atoms with Gasteiger partial charge in [-0.25, -0.2) is 0 Å². The topological polar surface area (TPSA) is 70.8 Å². The highest BCUT2D eigenvalue weighted by atomic mass is 15.4. The Morgan fingerprint density at radius 2 is 2.11 bits per heavy atom. The summed E-state index contributed by atoms with van der Waals surface area (Å²) in [7, 11) is 0. The van der Waals surface area contributed by atoms with Crippen LogP contribution in [0.3, 0.4) is 0 Å². The van der Waals surface area contributed by atoms with Gasteiger partial charge in [-0.3, -0.25) is 5.10 Å². The summed E-state index contributed by atoms with van der Waals surface area (Å²) in [6, 6.07) is 8.59. The molecule has 1 aromatic heterocycles. The van der Waals surface area contributed by atoms with E-state index in [0.717, 1.165) is 43.3 Å². The van der Waals surface area contributed by atoms with E-state index in [-0.39, 0.29) is 0 Å². The molecule has 0 radical (unpaired) electrons. The van der Waals surface area contributed by atoms with E-state index in [4.69, 9.17) is 5.73 Å². The molecule has 2 heterocycles. The second-order valence-electron chi connectivity index (χ2n) is 5.18. The van der Waals surface area contributed by atoms with E-state index in [0.29, 0.717) is 6.04 Å². The molecule has 0 atom stereocenters. The highest BCUT2D eigenvalue weighted by Crippen LogP contribution is 2.20. The third-order valence-electron chi connectivity index (χ3n) is 3.59. The maximum atomic E-state index is 5.91. The van der Waals surface area contributed by atoms with Gasteiger partial charge in [-0.15, -0.1) is 5.10 Å². The van der Waals surface area contributed by atoms with Crippen molar-refractivity contribution in [2.45, 2.75) is 25.8 Å². The minimum absolute atomic E-state index is 0.325. The first-order valence-corrected chi connectivity index (χ1v) is 6.72. The molecule has 0 aliphatic carbocycles. The summed E-state index contributed by atoms with van der Waals surface area (Å²) in [4.78, 5) is 6.78. The average molecular weight is 257 g/mol. The van der Waals surface area contributed by atoms with Gasteiger partial charge in [0.15, 0.2) is 5.82 Å². The lowest BCUT2D eigenvalue weighted by Crippen LogP contribution is -2.40. The van der Waals surface area contributed by atoms with Gasteiger partial charge in [0.1, 0.15) is 0 Å². The van der Waals surface area contributed by atoms with Gasteiger partial charge in [0.05, 0.1) is 0 Å². The van der Waals surface area contributed by atoms with Crippen LogP contribution in [0.1, 0.15) is 18.4 Å². The van der Waals surface area contributed by atoms with Crippen LogP contribution in [0.15, 0.2) is 24.3 Å². The first-order chi connectivity index (χ1) is 9.22. The number of piperidine rings is 1. The highest BCUT2D eigenvalue weighted by Gasteiger charge is 2.19. The Balaban J connectivity index is 1.80. The van der Waals surface area contributed by atoms with Crippen LogP contribution < -0.4 is 10.6 Å². The van der Waals surface area contributed by atoms with Crippen molar-refractivity contribution in [1.29, 1.82) is 0 Å². The zero-order chi connectivity index (χ0) is 13.2. The molecule has 1 aliphatic rings. The molecule has 19 heavy (non-hydrogen) atoms. The van der Waals surface area contributed by atoms with Crippen LogP contribution in [0, 0.1) is 6.92 Å². The van der Waals surface area contributed by atoms with Gasteiger partial charge in [0.2, 0.25) is 5.95 Å². The Labute approximate surface area is 112 Å². The maximum absolute atomic E-state index is 5.91. The summed E-state index contributed by atoms with van der Waals surface area (Å²) in [5.74, 6) is 1.61. The molecule has 1 aliphatic heterocycles. The van der Waals surface area contributed by atoms with Crippen molar-refractivity contribution in [1.82, 2.24) is 15.2 Å². The van der Waals surface area contributed by atoms with Crippen molar-refractivity contribution in [2.75, 3.05) is 18.0 Å². The third kappa shape index (κ3) is 2.61. The number of rotatable bonds is 2. The number of anilines is 1. The number of hydrogen-bond donors (Lipinski definition) is 2. The van der Waals surface area contributed by atoms with Crippen LogP contribution >= 0.6 is 0 Å². The fourth-order valence-corrected chi connectivity index (χ4v) is 2.42. The summed E-state index contributed by atoms with van der Waals surface area (Å²) in [6.07, 6.45) is 2.02. The van der Waals surface area contributed by atoms with Crippen LogP contribution in [0.5, 0.6) is 0 Å². The second-order valence-corrected chi connectivity index (χ2v) is 5.18. The van der Waals surface area contributed by atoms with E-state index in [1.807, 2.05) is 12.1 Å². The number of nitrogens with one attached hydrogen (secondary N) is 1. The summed E-state index contributed by atoms with van der Waals surface area (Å²) < 4.78 is 0. The van der Waals surface area contributed by atoms with Crippen molar-refractivity contribution >= 4 is 5.95 Å². The van der Waals surface area contributed by atoms with Gasteiger partial charge in [0.25, 0.3) is 0 Å². The van der Waals surface area contributed by atoms with Crippen molar-refractivity contribution in [3.8, 4) is 11.4 Å². The normalized spacial score (nSPS) is 16.8. The molecule has 1 fully saturated rings. The molecule has 0 unspecified atom stereocenters. The molecule has 1 saturated heterocycles. The highest BCUT2D eigenvalue weighted by molar-refractivity contribution is 5.57. The molecular formula is C14H19N5. The lowest BCUT2D eigenvalue weighted by atomic mass is 10.1. The lowest BCUT2D eigenvalue weighted by Gasteiger charge is -2.28. The minimum Gasteiger partial charge on any atom is -0.339 e. The van der Waals surface area contributed by atoms with E-state index in [1.54, 1.807) is 0 Å². The smallest absolute Gasteiger partial charge is 0.245 e. The van der Waals surface area contributed by atoms with Crippen molar-refractivity contribution in [3.05, 3.63) is 29.8 Å². The lowest BCUT2D eigenvalue weighted by molar-refractivity contribution is 0.496. The van der Waals surface area contributed by atoms with Crippen LogP contribution in [0.25, 0.3) is 11.4 Å². The van der Waals surface area contributed by atoms with Gasteiger partial charge in [0, 0.05) is 24.7 Å². The number of H-pyrrole nitrogens is 1. The van der Waals surface area contributed by atoms with Gasteiger partial charge in [-0.05, 0) is 25.8 Å². The minimum atomic E-state index is 0.325. The van der Waals surface area contributed by atoms with Crippen molar-refractivity contribution < 1.29 is 0 Å². The fraction of sp³-hybridized carbons (Fsp3) is 0.429. The van der Waals surface area contributed by atoms with Crippen molar-refractivity contribution in [3.63, 3.8) is 0 Å². The molecule has 5 nitrogen and oxygen atoms in total. The zero-order valence-corrected chi connectivity index (χ0v) is 11.1. The van der Waals surface area contributed by atoms with E-state index in [9.17, 15) is 0 Å². The van der Waals surface area contributed by atoms with Gasteiger partial charge in [-0.1, -0.05) is 23.8 Å². The monoisotopic (exact) mass is 257 g/mol. The summed E-state index contributed by atoms with van der Waals surface area (Å²) in [5.41, 5.74) is 8.21. The predicted octanol–water partition coefficient (Wildman–Crippen LogP) is 1.71. The molecular weight excluding hydrogens is 238 g/mol. The zero-order valence-electron chi connectivity index (χ0n) is 11.1. The number of benzene rings is 1. The molecule has 1 aromatic carbocycles. The van der Waals surface area contributed by atoms with E-state index < -0.39 is 0 Å². The average Bonchev–Trinajstić information content (AvgIpc) is 2.89. The predicted molar refractivity (Wildman–Crippen MR) is 76.0 cm³/mol. The Bertz CT molecular complexity index is 554. The molecule has 100 valence electrons.